The van der Waals surface area contributed by atoms with Gasteiger partial charge in [-0.3, -0.25) is 14.0 Å². The first kappa shape index (κ1) is 12.1. The molecule has 5 nitrogen and oxygen atoms in total. The summed E-state index contributed by atoms with van der Waals surface area (Å²) in [4.78, 5) is 27.1. The zero-order chi connectivity index (χ0) is 12.4. The monoisotopic (exact) mass is 270 g/mol. The van der Waals surface area contributed by atoms with Gasteiger partial charge in [0.25, 0.3) is 5.56 Å². The number of fused-ring (bicyclic) bond motifs is 1. The van der Waals surface area contributed by atoms with Gasteiger partial charge < -0.3 is 5.11 Å². The third-order valence-electron chi connectivity index (χ3n) is 2.10. The summed E-state index contributed by atoms with van der Waals surface area (Å²) in [5.74, 6) is -0.403. The van der Waals surface area contributed by atoms with Crippen molar-refractivity contribution in [3.05, 3.63) is 33.2 Å². The van der Waals surface area contributed by atoms with E-state index in [1.807, 2.05) is 12.3 Å². The number of thiazole rings is 1. The second-order valence-corrected chi connectivity index (χ2v) is 5.29. The molecule has 0 saturated carbocycles. The van der Waals surface area contributed by atoms with Crippen LogP contribution in [-0.4, -0.2) is 26.2 Å². The van der Waals surface area contributed by atoms with E-state index >= 15 is 0 Å². The van der Waals surface area contributed by atoms with E-state index in [9.17, 15) is 9.59 Å². The summed E-state index contributed by atoms with van der Waals surface area (Å²) in [6, 6.07) is 1.46. The lowest BCUT2D eigenvalue weighted by Crippen LogP contribution is -2.14. The van der Waals surface area contributed by atoms with Crippen LogP contribution in [0.2, 0.25) is 0 Å². The molecule has 2 rings (SSSR count). The number of aliphatic carboxylic acids is 1. The molecule has 17 heavy (non-hydrogen) atoms. The molecular weight excluding hydrogens is 260 g/mol. The summed E-state index contributed by atoms with van der Waals surface area (Å²) in [6.07, 6.45) is 0. The molecule has 0 atom stereocenters. The molecule has 0 radical (unpaired) electrons. The van der Waals surface area contributed by atoms with Gasteiger partial charge in [-0.05, 0) is 6.92 Å². The summed E-state index contributed by atoms with van der Waals surface area (Å²) in [7, 11) is 0. The van der Waals surface area contributed by atoms with E-state index in [0.717, 1.165) is 5.69 Å². The minimum Gasteiger partial charge on any atom is -0.481 e. The highest BCUT2D eigenvalue weighted by Gasteiger charge is 2.07. The number of aryl methyl sites for hydroxylation is 1. The van der Waals surface area contributed by atoms with Crippen LogP contribution in [0.15, 0.2) is 16.2 Å². The quantitative estimate of drug-likeness (QED) is 0.908. The van der Waals surface area contributed by atoms with Gasteiger partial charge >= 0.3 is 5.97 Å². The summed E-state index contributed by atoms with van der Waals surface area (Å²) in [5, 5.41) is 10.4. The van der Waals surface area contributed by atoms with Crippen molar-refractivity contribution in [3.8, 4) is 0 Å². The Morgan fingerprint density at radius 2 is 2.41 bits per heavy atom. The maximum atomic E-state index is 11.8. The minimum atomic E-state index is -0.861. The number of hydrogen-bond acceptors (Lipinski definition) is 5. The van der Waals surface area contributed by atoms with Crippen LogP contribution >= 0.6 is 23.1 Å². The highest BCUT2D eigenvalue weighted by molar-refractivity contribution is 7.99. The maximum absolute atomic E-state index is 11.8. The molecule has 2 heterocycles. The molecule has 0 unspecified atom stereocenters. The van der Waals surface area contributed by atoms with Crippen molar-refractivity contribution in [3.63, 3.8) is 0 Å². The van der Waals surface area contributed by atoms with Gasteiger partial charge in [0.1, 0.15) is 0 Å². The summed E-state index contributed by atoms with van der Waals surface area (Å²) in [6.45, 7) is 1.85. The van der Waals surface area contributed by atoms with Gasteiger partial charge in [-0.1, -0.05) is 0 Å². The molecule has 1 N–H and O–H groups in total. The fourth-order valence-electron chi connectivity index (χ4n) is 1.42. The fraction of sp³-hybridized carbons (Fsp3) is 0.300. The normalized spacial score (nSPS) is 10.9. The van der Waals surface area contributed by atoms with Crippen LogP contribution in [0, 0.1) is 6.92 Å². The van der Waals surface area contributed by atoms with Gasteiger partial charge in [0.2, 0.25) is 0 Å². The van der Waals surface area contributed by atoms with Crippen molar-refractivity contribution in [1.82, 2.24) is 9.38 Å². The maximum Gasteiger partial charge on any atom is 0.313 e. The number of rotatable bonds is 4. The zero-order valence-corrected chi connectivity index (χ0v) is 10.7. The number of carboxylic acids is 1. The Morgan fingerprint density at radius 3 is 3.12 bits per heavy atom. The largest absolute Gasteiger partial charge is 0.481 e. The molecule has 0 bridgehead atoms. The Labute approximate surface area is 105 Å². The van der Waals surface area contributed by atoms with E-state index in [2.05, 4.69) is 4.98 Å². The summed E-state index contributed by atoms with van der Waals surface area (Å²) < 4.78 is 1.55. The Kier molecular flexibility index (Phi) is 3.49. The Balaban J connectivity index is 2.25. The van der Waals surface area contributed by atoms with Crippen molar-refractivity contribution in [2.75, 3.05) is 5.75 Å². The number of nitrogens with zero attached hydrogens (tertiary/aromatic N) is 2. The highest BCUT2D eigenvalue weighted by Crippen LogP contribution is 2.14. The predicted octanol–water partition coefficient (Wildman–Crippen LogP) is 1.38. The standard InChI is InChI=1S/C10H10N2O3S2/c1-6-3-17-10-11-7(2-8(13)12(6)10)4-16-5-9(14)15/h2-3H,4-5H2,1H3,(H,14,15). The van der Waals surface area contributed by atoms with Crippen LogP contribution < -0.4 is 5.56 Å². The predicted molar refractivity (Wildman–Crippen MR) is 67.9 cm³/mol. The van der Waals surface area contributed by atoms with Gasteiger partial charge in [-0.15, -0.1) is 23.1 Å². The van der Waals surface area contributed by atoms with Crippen molar-refractivity contribution in [2.45, 2.75) is 12.7 Å². The van der Waals surface area contributed by atoms with E-state index in [1.165, 1.54) is 29.2 Å². The van der Waals surface area contributed by atoms with Gasteiger partial charge in [0.15, 0.2) is 4.96 Å². The smallest absolute Gasteiger partial charge is 0.313 e. The van der Waals surface area contributed by atoms with Crippen LogP contribution in [0.4, 0.5) is 0 Å². The van der Waals surface area contributed by atoms with E-state index in [0.29, 0.717) is 16.4 Å². The number of hydrogen-bond donors (Lipinski definition) is 1. The summed E-state index contributed by atoms with van der Waals surface area (Å²) >= 11 is 2.64. The second-order valence-electron chi connectivity index (χ2n) is 3.47. The van der Waals surface area contributed by atoms with Crippen LogP contribution in [0.5, 0.6) is 0 Å². The molecule has 0 aliphatic heterocycles. The van der Waals surface area contributed by atoms with Crippen molar-refractivity contribution < 1.29 is 9.90 Å². The zero-order valence-electron chi connectivity index (χ0n) is 9.04. The van der Waals surface area contributed by atoms with Crippen molar-refractivity contribution >= 4 is 34.0 Å². The number of carboxylic acid groups (broad SMARTS) is 1. The van der Waals surface area contributed by atoms with Crippen LogP contribution in [0.1, 0.15) is 11.4 Å². The minimum absolute atomic E-state index is 0.0184. The molecular formula is C10H10N2O3S2. The number of carbonyl (C=O) groups is 1. The molecule has 7 heteroatoms. The van der Waals surface area contributed by atoms with Crippen LogP contribution in [-0.2, 0) is 10.5 Å². The highest BCUT2D eigenvalue weighted by atomic mass is 32.2. The lowest BCUT2D eigenvalue weighted by molar-refractivity contribution is -0.133. The van der Waals surface area contributed by atoms with E-state index in [4.69, 9.17) is 5.11 Å². The molecule has 2 aromatic rings. The lowest BCUT2D eigenvalue weighted by Gasteiger charge is -2.00. The van der Waals surface area contributed by atoms with Gasteiger partial charge in [-0.2, -0.15) is 0 Å². The number of thioether (sulfide) groups is 1. The average molecular weight is 270 g/mol. The fourth-order valence-corrected chi connectivity index (χ4v) is 2.94. The molecule has 0 saturated heterocycles. The third-order valence-corrected chi connectivity index (χ3v) is 4.00. The molecule has 2 aromatic heterocycles. The first-order chi connectivity index (χ1) is 8.08. The van der Waals surface area contributed by atoms with E-state index in [-0.39, 0.29) is 11.3 Å². The molecule has 0 amide bonds. The Morgan fingerprint density at radius 1 is 1.65 bits per heavy atom. The summed E-state index contributed by atoms with van der Waals surface area (Å²) in [5.41, 5.74) is 1.38. The molecule has 0 aromatic carbocycles. The lowest BCUT2D eigenvalue weighted by atomic mass is 10.4. The molecule has 0 aliphatic carbocycles. The average Bonchev–Trinajstić information content (AvgIpc) is 2.60. The first-order valence-electron chi connectivity index (χ1n) is 4.84. The van der Waals surface area contributed by atoms with E-state index < -0.39 is 5.97 Å². The molecule has 0 aliphatic rings. The number of aromatic nitrogens is 2. The van der Waals surface area contributed by atoms with Gasteiger partial charge in [0, 0.05) is 22.9 Å². The molecule has 90 valence electrons. The van der Waals surface area contributed by atoms with Crippen molar-refractivity contribution in [2.24, 2.45) is 0 Å². The third kappa shape index (κ3) is 2.67. The van der Waals surface area contributed by atoms with Gasteiger partial charge in [-0.25, -0.2) is 4.98 Å². The SMILES string of the molecule is Cc1csc2nc(CSCC(=O)O)cc(=O)n12. The second kappa shape index (κ2) is 4.89. The first-order valence-corrected chi connectivity index (χ1v) is 6.87. The van der Waals surface area contributed by atoms with E-state index in [1.54, 1.807) is 4.40 Å². The molecule has 0 spiro atoms. The topological polar surface area (TPSA) is 71.7 Å². The van der Waals surface area contributed by atoms with Gasteiger partial charge in [0.05, 0.1) is 11.4 Å². The van der Waals surface area contributed by atoms with Crippen LogP contribution in [0.25, 0.3) is 4.96 Å². The Bertz CT molecular complexity index is 618. The van der Waals surface area contributed by atoms with Crippen molar-refractivity contribution in [1.29, 1.82) is 0 Å². The van der Waals surface area contributed by atoms with Crippen LogP contribution in [0.3, 0.4) is 0 Å². The molecule has 0 fully saturated rings. The Hall–Kier alpha value is -1.34.